The van der Waals surface area contributed by atoms with Gasteiger partial charge < -0.3 is 5.11 Å². The maximum absolute atomic E-state index is 13.3. The highest BCUT2D eigenvalue weighted by molar-refractivity contribution is 7.90. The molecule has 1 fully saturated rings. The molecule has 1 aliphatic rings. The van der Waals surface area contributed by atoms with Gasteiger partial charge in [0.1, 0.15) is 5.82 Å². The second-order valence-corrected chi connectivity index (χ2v) is 6.59. The largest absolute Gasteiger partial charge is 0.478 e. The summed E-state index contributed by atoms with van der Waals surface area (Å²) in [6, 6.07) is 3.12. The van der Waals surface area contributed by atoms with E-state index in [1.54, 1.807) is 0 Å². The normalized spacial score (nSPS) is 17.2. The molecule has 0 spiro atoms. The van der Waals surface area contributed by atoms with Crippen LogP contribution in [0.2, 0.25) is 0 Å². The number of carbonyl (C=O) groups is 1. The number of carboxylic acid groups (broad SMARTS) is 1. The minimum atomic E-state index is -3.75. The molecule has 6 nitrogen and oxygen atoms in total. The molecule has 1 heterocycles. The van der Waals surface area contributed by atoms with Gasteiger partial charge in [-0.15, -0.1) is 0 Å². The first kappa shape index (κ1) is 15.7. The molecule has 21 heavy (non-hydrogen) atoms. The van der Waals surface area contributed by atoms with Gasteiger partial charge in [-0.25, -0.2) is 9.18 Å². The van der Waals surface area contributed by atoms with E-state index in [2.05, 4.69) is 4.72 Å². The van der Waals surface area contributed by atoms with Crippen molar-refractivity contribution >= 4 is 21.9 Å². The van der Waals surface area contributed by atoms with Crippen LogP contribution in [0.1, 0.15) is 36.0 Å². The third-order valence-electron chi connectivity index (χ3n) is 3.35. The predicted molar refractivity (Wildman–Crippen MR) is 75.9 cm³/mol. The van der Waals surface area contributed by atoms with E-state index >= 15 is 0 Å². The Morgan fingerprint density at radius 1 is 1.19 bits per heavy atom. The third-order valence-corrected chi connectivity index (χ3v) is 4.89. The lowest BCUT2D eigenvalue weighted by Gasteiger charge is -2.20. The third kappa shape index (κ3) is 3.92. The number of hydrogen-bond acceptors (Lipinski definition) is 3. The van der Waals surface area contributed by atoms with Gasteiger partial charge >= 0.3 is 16.2 Å². The van der Waals surface area contributed by atoms with E-state index in [0.29, 0.717) is 13.1 Å². The van der Waals surface area contributed by atoms with Crippen LogP contribution in [0.25, 0.3) is 0 Å². The van der Waals surface area contributed by atoms with Crippen molar-refractivity contribution in [2.45, 2.75) is 25.7 Å². The van der Waals surface area contributed by atoms with E-state index in [-0.39, 0.29) is 5.69 Å². The summed E-state index contributed by atoms with van der Waals surface area (Å²) in [7, 11) is -3.75. The van der Waals surface area contributed by atoms with Crippen molar-refractivity contribution in [2.75, 3.05) is 17.8 Å². The zero-order valence-corrected chi connectivity index (χ0v) is 12.2. The van der Waals surface area contributed by atoms with Crippen molar-refractivity contribution in [1.29, 1.82) is 0 Å². The summed E-state index contributed by atoms with van der Waals surface area (Å²) in [6.07, 6.45) is 3.58. The predicted octanol–water partition coefficient (Wildman–Crippen LogP) is 2.06. The zero-order valence-electron chi connectivity index (χ0n) is 11.4. The van der Waals surface area contributed by atoms with E-state index in [4.69, 9.17) is 5.11 Å². The van der Waals surface area contributed by atoms with Crippen LogP contribution in [0.5, 0.6) is 0 Å². The molecule has 0 atom stereocenters. The van der Waals surface area contributed by atoms with Gasteiger partial charge in [-0.05, 0) is 31.0 Å². The van der Waals surface area contributed by atoms with Gasteiger partial charge in [0.05, 0.1) is 11.3 Å². The molecule has 0 aromatic heterocycles. The van der Waals surface area contributed by atoms with Crippen molar-refractivity contribution in [3.8, 4) is 0 Å². The summed E-state index contributed by atoms with van der Waals surface area (Å²) >= 11 is 0. The van der Waals surface area contributed by atoms with Crippen molar-refractivity contribution < 1.29 is 22.7 Å². The monoisotopic (exact) mass is 316 g/mol. The number of benzene rings is 1. The summed E-state index contributed by atoms with van der Waals surface area (Å²) in [5, 5.41) is 8.85. The molecule has 1 aromatic carbocycles. The Kier molecular flexibility index (Phi) is 4.79. The van der Waals surface area contributed by atoms with E-state index < -0.39 is 27.6 Å². The van der Waals surface area contributed by atoms with E-state index in [1.165, 1.54) is 10.4 Å². The van der Waals surface area contributed by atoms with Crippen LogP contribution in [-0.2, 0) is 10.2 Å². The fraction of sp³-hybridized carbons (Fsp3) is 0.462. The smallest absolute Gasteiger partial charge is 0.338 e. The second kappa shape index (κ2) is 6.40. The molecule has 0 saturated carbocycles. The summed E-state index contributed by atoms with van der Waals surface area (Å²) in [5.74, 6) is -2.34. The molecule has 116 valence electrons. The number of halogens is 1. The number of aromatic carboxylic acids is 1. The molecule has 8 heteroatoms. The molecular weight excluding hydrogens is 299 g/mol. The molecule has 0 radical (unpaired) electrons. The highest BCUT2D eigenvalue weighted by atomic mass is 32.2. The molecule has 0 bridgehead atoms. The molecule has 2 rings (SSSR count). The Labute approximate surface area is 122 Å². The highest BCUT2D eigenvalue weighted by Gasteiger charge is 2.23. The van der Waals surface area contributed by atoms with Gasteiger partial charge in [0.2, 0.25) is 0 Å². The average Bonchev–Trinajstić information content (AvgIpc) is 2.70. The number of anilines is 1. The van der Waals surface area contributed by atoms with E-state index in [0.717, 1.165) is 37.8 Å². The maximum Gasteiger partial charge on any atom is 0.338 e. The Morgan fingerprint density at radius 2 is 1.81 bits per heavy atom. The SMILES string of the molecule is O=C(O)c1cc(NS(=O)(=O)N2CCCCCC2)ccc1F. The molecular formula is C13H17FN2O4S. The minimum Gasteiger partial charge on any atom is -0.478 e. The lowest BCUT2D eigenvalue weighted by Crippen LogP contribution is -2.36. The highest BCUT2D eigenvalue weighted by Crippen LogP contribution is 2.19. The second-order valence-electron chi connectivity index (χ2n) is 4.92. The number of nitrogens with one attached hydrogen (secondary N) is 1. The van der Waals surface area contributed by atoms with Crippen molar-refractivity contribution in [3.63, 3.8) is 0 Å². The van der Waals surface area contributed by atoms with Crippen LogP contribution < -0.4 is 4.72 Å². The summed E-state index contributed by atoms with van der Waals surface area (Å²) in [5.41, 5.74) is -0.524. The van der Waals surface area contributed by atoms with Crippen molar-refractivity contribution in [1.82, 2.24) is 4.31 Å². The quantitative estimate of drug-likeness (QED) is 0.890. The Balaban J connectivity index is 2.20. The Hall–Kier alpha value is -1.67. The first-order chi connectivity index (χ1) is 9.90. The van der Waals surface area contributed by atoms with Gasteiger partial charge in [-0.3, -0.25) is 4.72 Å². The Morgan fingerprint density at radius 3 is 2.38 bits per heavy atom. The van der Waals surface area contributed by atoms with Gasteiger partial charge in [-0.1, -0.05) is 12.8 Å². The van der Waals surface area contributed by atoms with Gasteiger partial charge in [0.15, 0.2) is 0 Å². The molecule has 0 aliphatic carbocycles. The zero-order chi connectivity index (χ0) is 15.5. The van der Waals surface area contributed by atoms with Crippen LogP contribution in [0.3, 0.4) is 0 Å². The lowest BCUT2D eigenvalue weighted by molar-refractivity contribution is 0.0692. The topological polar surface area (TPSA) is 86.7 Å². The fourth-order valence-electron chi connectivity index (χ4n) is 2.25. The van der Waals surface area contributed by atoms with Crippen LogP contribution >= 0.6 is 0 Å². The molecule has 2 N–H and O–H groups in total. The minimum absolute atomic E-state index is 0.0399. The van der Waals surface area contributed by atoms with Gasteiger partial charge in [0, 0.05) is 13.1 Å². The molecule has 1 aromatic rings. The molecule has 0 amide bonds. The summed E-state index contributed by atoms with van der Waals surface area (Å²) in [4.78, 5) is 10.9. The summed E-state index contributed by atoms with van der Waals surface area (Å²) in [6.45, 7) is 0.866. The number of nitrogens with zero attached hydrogens (tertiary/aromatic N) is 1. The number of hydrogen-bond donors (Lipinski definition) is 2. The molecule has 1 aliphatic heterocycles. The van der Waals surface area contributed by atoms with Crippen molar-refractivity contribution in [3.05, 3.63) is 29.6 Å². The standard InChI is InChI=1S/C13H17FN2O4S/c14-12-6-5-10(9-11(12)13(17)18)15-21(19,20)16-7-3-1-2-4-8-16/h5-6,9,15H,1-4,7-8H2,(H,17,18). The fourth-order valence-corrected chi connectivity index (χ4v) is 3.54. The first-order valence-electron chi connectivity index (χ1n) is 6.71. The molecule has 0 unspecified atom stereocenters. The lowest BCUT2D eigenvalue weighted by atomic mass is 10.2. The van der Waals surface area contributed by atoms with Crippen LogP contribution in [0, 0.1) is 5.82 Å². The maximum atomic E-state index is 13.3. The number of carboxylic acids is 1. The van der Waals surface area contributed by atoms with Gasteiger partial charge in [0.25, 0.3) is 0 Å². The van der Waals surface area contributed by atoms with E-state index in [9.17, 15) is 17.6 Å². The summed E-state index contributed by atoms with van der Waals surface area (Å²) < 4.78 is 41.4. The van der Waals surface area contributed by atoms with Crippen LogP contribution in [-0.4, -0.2) is 36.9 Å². The van der Waals surface area contributed by atoms with Crippen LogP contribution in [0.4, 0.5) is 10.1 Å². The van der Waals surface area contributed by atoms with Gasteiger partial charge in [-0.2, -0.15) is 12.7 Å². The number of rotatable bonds is 4. The average molecular weight is 316 g/mol. The van der Waals surface area contributed by atoms with E-state index in [1.807, 2.05) is 0 Å². The molecule has 1 saturated heterocycles. The Bertz CT molecular complexity index is 625. The van der Waals surface area contributed by atoms with Crippen molar-refractivity contribution in [2.24, 2.45) is 0 Å². The van der Waals surface area contributed by atoms with Crippen LogP contribution in [0.15, 0.2) is 18.2 Å². The first-order valence-corrected chi connectivity index (χ1v) is 8.15.